The van der Waals surface area contributed by atoms with Gasteiger partial charge in [-0.3, -0.25) is 29.4 Å². The predicted octanol–water partition coefficient (Wildman–Crippen LogP) is 4.17. The van der Waals surface area contributed by atoms with Crippen molar-refractivity contribution in [1.29, 1.82) is 0 Å². The number of carbonyl (C=O) groups is 5. The molecule has 1 fully saturated rings. The van der Waals surface area contributed by atoms with Gasteiger partial charge in [0.2, 0.25) is 0 Å². The van der Waals surface area contributed by atoms with Gasteiger partial charge < -0.3 is 14.6 Å². The van der Waals surface area contributed by atoms with E-state index in [2.05, 4.69) is 0 Å². The van der Waals surface area contributed by atoms with E-state index >= 15 is 0 Å². The van der Waals surface area contributed by atoms with E-state index in [0.717, 1.165) is 23.1 Å². The summed E-state index contributed by atoms with van der Waals surface area (Å²) >= 11 is 0.580. The van der Waals surface area contributed by atoms with Crippen LogP contribution in [0, 0.1) is 10.1 Å². The number of carbonyl (C=O) groups excluding carboxylic acids is 3. The lowest BCUT2D eigenvalue weighted by Crippen LogP contribution is -2.33. The molecule has 1 aromatic heterocycles. The lowest BCUT2D eigenvalue weighted by atomic mass is 10.0. The van der Waals surface area contributed by atoms with Crippen LogP contribution in [0.5, 0.6) is 0 Å². The molecule has 13 heteroatoms. The first-order valence-electron chi connectivity index (χ1n) is 10.3. The third kappa shape index (κ3) is 5.31. The maximum absolute atomic E-state index is 12.7. The number of ketones is 1. The highest BCUT2D eigenvalue weighted by Crippen LogP contribution is 2.34. The Morgan fingerprint density at radius 3 is 2.14 bits per heavy atom. The van der Waals surface area contributed by atoms with E-state index in [1.807, 2.05) is 0 Å². The number of aromatic carboxylic acids is 2. The fourth-order valence-corrected chi connectivity index (χ4v) is 4.19. The second-order valence-electron chi connectivity index (χ2n) is 7.61. The van der Waals surface area contributed by atoms with Crippen LogP contribution in [0.3, 0.4) is 0 Å². The first kappa shape index (κ1) is 25.1. The Morgan fingerprint density at radius 1 is 0.946 bits per heavy atom. The molecule has 2 heterocycles. The molecule has 1 aliphatic heterocycles. The fourth-order valence-electron chi connectivity index (χ4n) is 3.37. The number of nitro groups is 1. The van der Waals surface area contributed by atoms with Crippen LogP contribution < -0.4 is 0 Å². The van der Waals surface area contributed by atoms with Crippen LogP contribution >= 0.6 is 11.8 Å². The molecule has 4 rings (SSSR count). The Bertz CT molecular complexity index is 1490. The van der Waals surface area contributed by atoms with Crippen molar-refractivity contribution in [1.82, 2.24) is 4.90 Å². The fraction of sp³-hybridized carbons (Fsp3) is 0.0417. The van der Waals surface area contributed by atoms with E-state index in [-0.39, 0.29) is 44.4 Å². The van der Waals surface area contributed by atoms with Gasteiger partial charge in [-0.2, -0.15) is 0 Å². The molecule has 0 radical (unpaired) electrons. The summed E-state index contributed by atoms with van der Waals surface area (Å²) in [6.45, 7) is -0.566. The molecule has 2 N–H and O–H groups in total. The topological polar surface area (TPSA) is 185 Å². The quantitative estimate of drug-likeness (QED) is 0.187. The SMILES string of the molecule is O=C(O)c1cc(C(=O)O)cc(-c2ccc(/C=C3\SC(=O)N(CC(=O)c4ccc([N+](=O)[O-])cc4)C3=O)o2)c1. The molecule has 0 bridgehead atoms. The van der Waals surface area contributed by atoms with Crippen molar-refractivity contribution in [2.45, 2.75) is 0 Å². The zero-order valence-electron chi connectivity index (χ0n) is 18.4. The number of benzene rings is 2. The first-order valence-corrected chi connectivity index (χ1v) is 11.1. The van der Waals surface area contributed by atoms with Crippen LogP contribution in [0.25, 0.3) is 17.4 Å². The first-order chi connectivity index (χ1) is 17.5. The van der Waals surface area contributed by atoms with Crippen molar-refractivity contribution in [3.05, 3.63) is 92.1 Å². The second kappa shape index (κ2) is 9.91. The molecule has 0 saturated carbocycles. The lowest BCUT2D eigenvalue weighted by molar-refractivity contribution is -0.384. The van der Waals surface area contributed by atoms with E-state index in [0.29, 0.717) is 11.8 Å². The van der Waals surface area contributed by atoms with Gasteiger partial charge in [0.1, 0.15) is 11.5 Å². The Labute approximate surface area is 210 Å². The van der Waals surface area contributed by atoms with E-state index < -0.39 is 40.3 Å². The molecule has 2 amide bonds. The molecule has 37 heavy (non-hydrogen) atoms. The number of nitro benzene ring substituents is 1. The number of imide groups is 1. The zero-order chi connectivity index (χ0) is 26.9. The Balaban J connectivity index is 1.53. The van der Waals surface area contributed by atoms with Crippen LogP contribution in [0.15, 0.2) is 63.9 Å². The lowest BCUT2D eigenvalue weighted by Gasteiger charge is -2.11. The van der Waals surface area contributed by atoms with Crippen molar-refractivity contribution in [3.8, 4) is 11.3 Å². The van der Waals surface area contributed by atoms with Crippen LogP contribution in [0.4, 0.5) is 10.5 Å². The number of furan rings is 1. The molecule has 0 unspecified atom stereocenters. The van der Waals surface area contributed by atoms with E-state index in [4.69, 9.17) is 4.42 Å². The molecule has 2 aromatic carbocycles. The maximum atomic E-state index is 12.7. The van der Waals surface area contributed by atoms with Crippen LogP contribution in [0.1, 0.15) is 36.8 Å². The van der Waals surface area contributed by atoms with E-state index in [9.17, 15) is 44.3 Å². The number of hydrogen-bond acceptors (Lipinski definition) is 9. The van der Waals surface area contributed by atoms with Crippen molar-refractivity contribution >= 4 is 52.4 Å². The van der Waals surface area contributed by atoms with Gasteiger partial charge in [-0.05, 0) is 54.2 Å². The third-order valence-corrected chi connectivity index (χ3v) is 6.09. The number of carboxylic acids is 2. The van der Waals surface area contributed by atoms with Crippen LogP contribution in [-0.4, -0.2) is 55.4 Å². The van der Waals surface area contributed by atoms with Crippen molar-refractivity contribution in [3.63, 3.8) is 0 Å². The standard InChI is InChI=1S/C24H14N2O10S/c27-18(12-1-3-16(4-2-12)26(34)35)11-25-21(28)20(37-24(25)33)10-17-5-6-19(36-17)13-7-14(22(29)30)9-15(8-13)23(31)32/h1-10H,11H2,(H,29,30)(H,31,32)/b20-10-. The van der Waals surface area contributed by atoms with Gasteiger partial charge in [0.25, 0.3) is 16.8 Å². The monoisotopic (exact) mass is 522 g/mol. The molecule has 0 spiro atoms. The summed E-state index contributed by atoms with van der Waals surface area (Å²) in [5.41, 5.74) is -0.456. The molecule has 0 aliphatic carbocycles. The van der Waals surface area contributed by atoms with Gasteiger partial charge in [0.15, 0.2) is 5.78 Å². The highest BCUT2D eigenvalue weighted by atomic mass is 32.2. The van der Waals surface area contributed by atoms with Gasteiger partial charge in [0.05, 0.1) is 27.5 Å². The molecule has 186 valence electrons. The van der Waals surface area contributed by atoms with Gasteiger partial charge in [-0.25, -0.2) is 9.59 Å². The van der Waals surface area contributed by atoms with E-state index in [1.165, 1.54) is 42.5 Å². The van der Waals surface area contributed by atoms with Gasteiger partial charge in [-0.1, -0.05) is 0 Å². The summed E-state index contributed by atoms with van der Waals surface area (Å²) in [6.07, 6.45) is 1.27. The smallest absolute Gasteiger partial charge is 0.335 e. The number of amides is 2. The van der Waals surface area contributed by atoms with Gasteiger partial charge in [-0.15, -0.1) is 0 Å². The zero-order valence-corrected chi connectivity index (χ0v) is 19.3. The molecule has 3 aromatic rings. The summed E-state index contributed by atoms with van der Waals surface area (Å²) in [5.74, 6) is -3.74. The number of carboxylic acid groups (broad SMARTS) is 2. The number of nitrogens with zero attached hydrogens (tertiary/aromatic N) is 2. The summed E-state index contributed by atoms with van der Waals surface area (Å²) in [4.78, 5) is 71.1. The van der Waals surface area contributed by atoms with Gasteiger partial charge >= 0.3 is 11.9 Å². The van der Waals surface area contributed by atoms with Crippen LogP contribution in [-0.2, 0) is 4.79 Å². The minimum Gasteiger partial charge on any atom is -0.478 e. The second-order valence-corrected chi connectivity index (χ2v) is 8.60. The molecule has 0 atom stereocenters. The number of non-ortho nitro benzene ring substituents is 1. The minimum absolute atomic E-state index is 0.0343. The molecule has 1 aliphatic rings. The molecule has 12 nitrogen and oxygen atoms in total. The summed E-state index contributed by atoms with van der Waals surface area (Å²) < 4.78 is 5.62. The molecule has 1 saturated heterocycles. The third-order valence-electron chi connectivity index (χ3n) is 5.19. The number of hydrogen-bond donors (Lipinski definition) is 2. The normalized spacial score (nSPS) is 14.3. The summed E-state index contributed by atoms with van der Waals surface area (Å²) in [6, 6.07) is 11.1. The van der Waals surface area contributed by atoms with Crippen molar-refractivity contribution in [2.24, 2.45) is 0 Å². The number of Topliss-reactive ketones (excluding diaryl/α,β-unsaturated/α-hetero) is 1. The number of thioether (sulfide) groups is 1. The summed E-state index contributed by atoms with van der Waals surface area (Å²) in [7, 11) is 0. The predicted molar refractivity (Wildman–Crippen MR) is 128 cm³/mol. The Kier molecular flexibility index (Phi) is 6.71. The van der Waals surface area contributed by atoms with Gasteiger partial charge in [0, 0.05) is 29.3 Å². The average molecular weight is 522 g/mol. The number of rotatable bonds is 8. The average Bonchev–Trinajstić information content (AvgIpc) is 3.44. The maximum Gasteiger partial charge on any atom is 0.335 e. The van der Waals surface area contributed by atoms with Crippen LogP contribution in [0.2, 0.25) is 0 Å². The van der Waals surface area contributed by atoms with Crippen molar-refractivity contribution < 1.29 is 43.5 Å². The Hall–Kier alpha value is -5.04. The highest BCUT2D eigenvalue weighted by molar-refractivity contribution is 8.18. The molecular formula is C24H14N2O10S. The Morgan fingerprint density at radius 2 is 1.57 bits per heavy atom. The largest absolute Gasteiger partial charge is 0.478 e. The van der Waals surface area contributed by atoms with E-state index in [1.54, 1.807) is 0 Å². The summed E-state index contributed by atoms with van der Waals surface area (Å²) in [5, 5.41) is 28.6. The van der Waals surface area contributed by atoms with Crippen molar-refractivity contribution in [2.75, 3.05) is 6.54 Å². The minimum atomic E-state index is -1.33. The molecular weight excluding hydrogens is 508 g/mol. The highest BCUT2D eigenvalue weighted by Gasteiger charge is 2.36.